The van der Waals surface area contributed by atoms with E-state index in [4.69, 9.17) is 5.73 Å². The Kier molecular flexibility index (Phi) is 4.31. The van der Waals surface area contributed by atoms with Crippen molar-refractivity contribution in [1.82, 2.24) is 0 Å². The minimum atomic E-state index is -0.460. The van der Waals surface area contributed by atoms with Crippen molar-refractivity contribution in [2.24, 2.45) is 0 Å². The van der Waals surface area contributed by atoms with Crippen LogP contribution in [0.2, 0.25) is 0 Å². The highest BCUT2D eigenvalue weighted by atomic mass is 16.6. The molecule has 0 aliphatic heterocycles. The molecule has 2 N–H and O–H groups in total. The van der Waals surface area contributed by atoms with Gasteiger partial charge in [-0.1, -0.05) is 6.92 Å². The quantitative estimate of drug-likeness (QED) is 0.485. The molecule has 0 heterocycles. The lowest BCUT2D eigenvalue weighted by Crippen LogP contribution is -2.32. The molecular formula is C12H19N3O2. The zero-order valence-electron chi connectivity index (χ0n) is 10.5. The van der Waals surface area contributed by atoms with Crippen LogP contribution in [0.1, 0.15) is 27.2 Å². The van der Waals surface area contributed by atoms with E-state index in [1.165, 1.54) is 6.07 Å². The van der Waals surface area contributed by atoms with Crippen molar-refractivity contribution in [3.05, 3.63) is 28.3 Å². The standard InChI is InChI=1S/C12H19N3O2/c1-4-9(3)14(5-2)10-6-7-12(15(16)17)11(13)8-10/h6-9H,4-5,13H2,1-3H3. The highest BCUT2D eigenvalue weighted by Crippen LogP contribution is 2.28. The van der Waals surface area contributed by atoms with E-state index in [1.807, 2.05) is 0 Å². The summed E-state index contributed by atoms with van der Waals surface area (Å²) in [4.78, 5) is 12.4. The third kappa shape index (κ3) is 2.87. The SMILES string of the molecule is CCC(C)N(CC)c1ccc([N+](=O)[O-])c(N)c1. The number of hydrogen-bond donors (Lipinski definition) is 1. The smallest absolute Gasteiger partial charge is 0.292 e. The molecular weight excluding hydrogens is 218 g/mol. The number of benzene rings is 1. The van der Waals surface area contributed by atoms with Crippen LogP contribution in [-0.4, -0.2) is 17.5 Å². The van der Waals surface area contributed by atoms with Gasteiger partial charge in [0.1, 0.15) is 5.69 Å². The van der Waals surface area contributed by atoms with Gasteiger partial charge in [0.05, 0.1) is 4.92 Å². The summed E-state index contributed by atoms with van der Waals surface area (Å²) in [7, 11) is 0. The van der Waals surface area contributed by atoms with E-state index < -0.39 is 4.92 Å². The van der Waals surface area contributed by atoms with Crippen LogP contribution in [0.4, 0.5) is 17.1 Å². The average Bonchev–Trinajstić information content (AvgIpc) is 2.29. The Morgan fingerprint density at radius 3 is 2.53 bits per heavy atom. The molecule has 0 aromatic heterocycles. The molecule has 5 nitrogen and oxygen atoms in total. The predicted octanol–water partition coefficient (Wildman–Crippen LogP) is 2.80. The first-order chi connectivity index (χ1) is 8.01. The molecule has 0 radical (unpaired) electrons. The van der Waals surface area contributed by atoms with Gasteiger partial charge < -0.3 is 10.6 Å². The van der Waals surface area contributed by atoms with Gasteiger partial charge in [0, 0.05) is 24.3 Å². The zero-order chi connectivity index (χ0) is 13.0. The van der Waals surface area contributed by atoms with E-state index in [1.54, 1.807) is 12.1 Å². The second kappa shape index (κ2) is 5.52. The van der Waals surface area contributed by atoms with Crippen LogP contribution in [0.15, 0.2) is 18.2 Å². The molecule has 0 aliphatic rings. The van der Waals surface area contributed by atoms with Crippen molar-refractivity contribution in [3.8, 4) is 0 Å². The van der Waals surface area contributed by atoms with E-state index >= 15 is 0 Å². The van der Waals surface area contributed by atoms with Gasteiger partial charge in [-0.2, -0.15) is 0 Å². The molecule has 17 heavy (non-hydrogen) atoms. The number of hydrogen-bond acceptors (Lipinski definition) is 4. The van der Waals surface area contributed by atoms with Crippen molar-refractivity contribution in [3.63, 3.8) is 0 Å². The molecule has 0 aliphatic carbocycles. The number of anilines is 2. The summed E-state index contributed by atoms with van der Waals surface area (Å²) in [6, 6.07) is 5.29. The van der Waals surface area contributed by atoms with Gasteiger partial charge in [-0.3, -0.25) is 10.1 Å². The largest absolute Gasteiger partial charge is 0.393 e. The summed E-state index contributed by atoms with van der Waals surface area (Å²) >= 11 is 0. The topological polar surface area (TPSA) is 72.4 Å². The van der Waals surface area contributed by atoms with Crippen molar-refractivity contribution < 1.29 is 4.92 Å². The lowest BCUT2D eigenvalue weighted by molar-refractivity contribution is -0.383. The third-order valence-corrected chi connectivity index (χ3v) is 3.00. The maximum atomic E-state index is 10.7. The molecule has 0 fully saturated rings. The molecule has 0 saturated carbocycles. The Labute approximate surface area is 101 Å². The minimum Gasteiger partial charge on any atom is -0.393 e. The van der Waals surface area contributed by atoms with Gasteiger partial charge in [-0.25, -0.2) is 0 Å². The van der Waals surface area contributed by atoms with Crippen LogP contribution >= 0.6 is 0 Å². The first-order valence-electron chi connectivity index (χ1n) is 5.81. The summed E-state index contributed by atoms with van der Waals surface area (Å²) in [5.41, 5.74) is 6.81. The van der Waals surface area contributed by atoms with Gasteiger partial charge in [0.25, 0.3) is 5.69 Å². The lowest BCUT2D eigenvalue weighted by Gasteiger charge is -2.29. The van der Waals surface area contributed by atoms with E-state index in [0.717, 1.165) is 18.7 Å². The molecule has 5 heteroatoms. The fourth-order valence-electron chi connectivity index (χ4n) is 1.86. The molecule has 0 amide bonds. The molecule has 1 rings (SSSR count). The highest BCUT2D eigenvalue weighted by molar-refractivity contribution is 5.66. The second-order valence-corrected chi connectivity index (χ2v) is 4.04. The van der Waals surface area contributed by atoms with E-state index in [0.29, 0.717) is 6.04 Å². The molecule has 0 saturated heterocycles. The first kappa shape index (κ1) is 13.3. The van der Waals surface area contributed by atoms with E-state index in [9.17, 15) is 10.1 Å². The van der Waals surface area contributed by atoms with Crippen LogP contribution in [0.5, 0.6) is 0 Å². The van der Waals surface area contributed by atoms with Gasteiger partial charge >= 0.3 is 0 Å². The Morgan fingerprint density at radius 1 is 1.47 bits per heavy atom. The molecule has 0 spiro atoms. The number of rotatable bonds is 5. The van der Waals surface area contributed by atoms with E-state index in [2.05, 4.69) is 25.7 Å². The molecule has 0 bridgehead atoms. The molecule has 1 aromatic carbocycles. The van der Waals surface area contributed by atoms with Crippen LogP contribution in [0.3, 0.4) is 0 Å². The number of nitrogens with zero attached hydrogens (tertiary/aromatic N) is 2. The Morgan fingerprint density at radius 2 is 2.12 bits per heavy atom. The van der Waals surface area contributed by atoms with Crippen LogP contribution in [0.25, 0.3) is 0 Å². The number of nitrogens with two attached hydrogens (primary N) is 1. The summed E-state index contributed by atoms with van der Waals surface area (Å²) in [6.07, 6.45) is 1.02. The van der Waals surface area contributed by atoms with Gasteiger partial charge in [-0.15, -0.1) is 0 Å². The Balaban J connectivity index is 3.07. The Bertz CT molecular complexity index is 407. The normalized spacial score (nSPS) is 12.2. The highest BCUT2D eigenvalue weighted by Gasteiger charge is 2.16. The third-order valence-electron chi connectivity index (χ3n) is 3.00. The fourth-order valence-corrected chi connectivity index (χ4v) is 1.86. The summed E-state index contributed by atoms with van der Waals surface area (Å²) in [5.74, 6) is 0. The minimum absolute atomic E-state index is 0.0334. The van der Waals surface area contributed by atoms with Crippen molar-refractivity contribution in [2.45, 2.75) is 33.2 Å². The fraction of sp³-hybridized carbons (Fsp3) is 0.500. The molecule has 1 aromatic rings. The Hall–Kier alpha value is -1.78. The van der Waals surface area contributed by atoms with Crippen molar-refractivity contribution in [2.75, 3.05) is 17.2 Å². The molecule has 94 valence electrons. The van der Waals surface area contributed by atoms with Crippen molar-refractivity contribution in [1.29, 1.82) is 0 Å². The van der Waals surface area contributed by atoms with Gasteiger partial charge in [0.15, 0.2) is 0 Å². The number of nitro groups is 1. The maximum Gasteiger partial charge on any atom is 0.292 e. The summed E-state index contributed by atoms with van der Waals surface area (Å²) in [5, 5.41) is 10.7. The summed E-state index contributed by atoms with van der Waals surface area (Å²) < 4.78 is 0. The second-order valence-electron chi connectivity index (χ2n) is 4.04. The molecule has 1 atom stereocenters. The van der Waals surface area contributed by atoms with Crippen LogP contribution in [0, 0.1) is 10.1 Å². The predicted molar refractivity (Wildman–Crippen MR) is 70.3 cm³/mol. The zero-order valence-corrected chi connectivity index (χ0v) is 10.5. The lowest BCUT2D eigenvalue weighted by atomic mass is 10.1. The monoisotopic (exact) mass is 237 g/mol. The maximum absolute atomic E-state index is 10.7. The number of nitrogen functional groups attached to an aromatic ring is 1. The van der Waals surface area contributed by atoms with Crippen LogP contribution in [-0.2, 0) is 0 Å². The molecule has 1 unspecified atom stereocenters. The average molecular weight is 237 g/mol. The first-order valence-corrected chi connectivity index (χ1v) is 5.81. The van der Waals surface area contributed by atoms with Crippen LogP contribution < -0.4 is 10.6 Å². The summed E-state index contributed by atoms with van der Waals surface area (Å²) in [6.45, 7) is 7.15. The van der Waals surface area contributed by atoms with Gasteiger partial charge in [-0.05, 0) is 32.4 Å². The van der Waals surface area contributed by atoms with Crippen molar-refractivity contribution >= 4 is 17.1 Å². The number of nitro benzene ring substituents is 1. The van der Waals surface area contributed by atoms with Gasteiger partial charge in [0.2, 0.25) is 0 Å². The van der Waals surface area contributed by atoms with E-state index in [-0.39, 0.29) is 11.4 Å².